The summed E-state index contributed by atoms with van der Waals surface area (Å²) in [5.74, 6) is 2.80. The van der Waals surface area contributed by atoms with Crippen LogP contribution in [-0.2, 0) is 0 Å². The molecule has 0 spiro atoms. The topological polar surface area (TPSA) is 47.9 Å². The number of halogens is 1. The van der Waals surface area contributed by atoms with Gasteiger partial charge in [0.2, 0.25) is 0 Å². The lowest BCUT2D eigenvalue weighted by atomic mass is 9.82. The Bertz CT molecular complexity index is 344. The first-order valence-electron chi connectivity index (χ1n) is 8.76. The zero-order chi connectivity index (χ0) is 15.3. The van der Waals surface area contributed by atoms with Gasteiger partial charge in [-0.3, -0.25) is 4.99 Å². The van der Waals surface area contributed by atoms with Crippen molar-refractivity contribution in [2.75, 3.05) is 32.8 Å². The maximum Gasteiger partial charge on any atom is 0.193 e. The molecule has 2 fully saturated rings. The fourth-order valence-corrected chi connectivity index (χ4v) is 3.54. The van der Waals surface area contributed by atoms with E-state index in [1.54, 1.807) is 0 Å². The van der Waals surface area contributed by atoms with Gasteiger partial charge < -0.3 is 15.3 Å². The van der Waals surface area contributed by atoms with E-state index in [9.17, 15) is 5.11 Å². The lowest BCUT2D eigenvalue weighted by Crippen LogP contribution is -2.41. The zero-order valence-electron chi connectivity index (χ0n) is 14.5. The summed E-state index contributed by atoms with van der Waals surface area (Å²) in [5.41, 5.74) is -0.0901. The van der Waals surface area contributed by atoms with Crippen molar-refractivity contribution in [3.8, 4) is 0 Å². The summed E-state index contributed by atoms with van der Waals surface area (Å²) < 4.78 is 0. The van der Waals surface area contributed by atoms with Crippen LogP contribution in [0, 0.1) is 17.3 Å². The van der Waals surface area contributed by atoms with Gasteiger partial charge in [0, 0.05) is 25.0 Å². The van der Waals surface area contributed by atoms with Gasteiger partial charge in [0.05, 0.1) is 13.2 Å². The molecule has 2 rings (SSSR count). The molecule has 5 heteroatoms. The molecule has 1 saturated carbocycles. The Morgan fingerprint density at radius 1 is 1.23 bits per heavy atom. The molecule has 1 aliphatic carbocycles. The number of hydrogen-bond acceptors (Lipinski definition) is 2. The molecular formula is C17H34IN3O. The van der Waals surface area contributed by atoms with E-state index >= 15 is 0 Å². The van der Waals surface area contributed by atoms with E-state index in [0.717, 1.165) is 30.8 Å². The van der Waals surface area contributed by atoms with Gasteiger partial charge >= 0.3 is 0 Å². The van der Waals surface area contributed by atoms with Crippen LogP contribution in [0.25, 0.3) is 0 Å². The second-order valence-corrected chi connectivity index (χ2v) is 7.20. The van der Waals surface area contributed by atoms with Crippen LogP contribution in [0.5, 0.6) is 0 Å². The number of aliphatic hydroxyl groups excluding tert-OH is 1. The van der Waals surface area contributed by atoms with Gasteiger partial charge in [-0.1, -0.05) is 26.7 Å². The van der Waals surface area contributed by atoms with Crippen molar-refractivity contribution >= 4 is 29.9 Å². The Hall–Kier alpha value is -0.0400. The van der Waals surface area contributed by atoms with E-state index in [0.29, 0.717) is 6.54 Å². The molecule has 2 N–H and O–H groups in total. The average Bonchev–Trinajstić information content (AvgIpc) is 2.94. The molecule has 3 atom stereocenters. The highest BCUT2D eigenvalue weighted by atomic mass is 127. The van der Waals surface area contributed by atoms with E-state index in [1.165, 1.54) is 38.8 Å². The first-order chi connectivity index (χ1) is 10.1. The van der Waals surface area contributed by atoms with Crippen molar-refractivity contribution in [1.82, 2.24) is 10.2 Å². The minimum absolute atomic E-state index is 0. The van der Waals surface area contributed by atoms with Crippen molar-refractivity contribution in [1.29, 1.82) is 0 Å². The molecule has 3 unspecified atom stereocenters. The number of aliphatic hydroxyl groups is 1. The molecular weight excluding hydrogens is 389 g/mol. The van der Waals surface area contributed by atoms with Crippen LogP contribution in [0.2, 0.25) is 0 Å². The molecule has 0 bridgehead atoms. The molecule has 0 aromatic carbocycles. The predicted octanol–water partition coefficient (Wildman–Crippen LogP) is 3.10. The Morgan fingerprint density at radius 2 is 1.82 bits per heavy atom. The van der Waals surface area contributed by atoms with Crippen LogP contribution in [-0.4, -0.2) is 48.8 Å². The summed E-state index contributed by atoms with van der Waals surface area (Å²) in [6.07, 6.45) is 6.55. The average molecular weight is 423 g/mol. The lowest BCUT2D eigenvalue weighted by Gasteiger charge is -2.26. The number of nitrogens with zero attached hydrogens (tertiary/aromatic N) is 2. The Morgan fingerprint density at radius 3 is 2.27 bits per heavy atom. The molecule has 0 aromatic heterocycles. The van der Waals surface area contributed by atoms with Gasteiger partial charge in [-0.15, -0.1) is 24.0 Å². The van der Waals surface area contributed by atoms with Gasteiger partial charge in [0.25, 0.3) is 0 Å². The predicted molar refractivity (Wildman–Crippen MR) is 104 cm³/mol. The molecule has 0 radical (unpaired) electrons. The summed E-state index contributed by atoms with van der Waals surface area (Å²) in [5, 5.41) is 13.0. The highest BCUT2D eigenvalue weighted by Gasteiger charge is 2.35. The largest absolute Gasteiger partial charge is 0.396 e. The Balaban J connectivity index is 0.00000242. The van der Waals surface area contributed by atoms with Gasteiger partial charge in [-0.05, 0) is 38.0 Å². The van der Waals surface area contributed by atoms with E-state index in [2.05, 4.69) is 31.0 Å². The van der Waals surface area contributed by atoms with Crippen molar-refractivity contribution in [3.05, 3.63) is 0 Å². The van der Waals surface area contributed by atoms with Crippen molar-refractivity contribution in [2.24, 2.45) is 22.2 Å². The number of fused-ring (bicyclic) bond motifs is 1. The third-order valence-corrected chi connectivity index (χ3v) is 5.46. The van der Waals surface area contributed by atoms with E-state index < -0.39 is 0 Å². The Labute approximate surface area is 153 Å². The second kappa shape index (κ2) is 9.30. The standard InChI is InChI=1S/C17H33N3O.HI/c1-4-17(3,13-21)12-19-16(18-5-2)20-10-14-8-6-7-9-15(14)11-20;/h14-15,21H,4-13H2,1-3H3,(H,18,19);1H. The van der Waals surface area contributed by atoms with E-state index in [1.807, 2.05) is 0 Å². The Kier molecular flexibility index (Phi) is 8.46. The van der Waals surface area contributed by atoms with Crippen molar-refractivity contribution < 1.29 is 5.11 Å². The van der Waals surface area contributed by atoms with E-state index in [4.69, 9.17) is 4.99 Å². The first-order valence-corrected chi connectivity index (χ1v) is 8.76. The van der Waals surface area contributed by atoms with Crippen molar-refractivity contribution in [3.63, 3.8) is 0 Å². The maximum atomic E-state index is 9.56. The smallest absolute Gasteiger partial charge is 0.193 e. The van der Waals surface area contributed by atoms with Crippen LogP contribution in [0.15, 0.2) is 4.99 Å². The van der Waals surface area contributed by atoms with Gasteiger partial charge in [-0.2, -0.15) is 0 Å². The number of aliphatic imine (C=N–C) groups is 1. The maximum absolute atomic E-state index is 9.56. The number of likely N-dealkylation sites (tertiary alicyclic amines) is 1. The van der Waals surface area contributed by atoms with Crippen LogP contribution >= 0.6 is 24.0 Å². The minimum Gasteiger partial charge on any atom is -0.396 e. The van der Waals surface area contributed by atoms with Gasteiger partial charge in [-0.25, -0.2) is 0 Å². The number of nitrogens with one attached hydrogen (secondary N) is 1. The number of rotatable bonds is 5. The highest BCUT2D eigenvalue weighted by molar-refractivity contribution is 14.0. The quantitative estimate of drug-likeness (QED) is 0.406. The summed E-state index contributed by atoms with van der Waals surface area (Å²) in [7, 11) is 0. The molecule has 4 nitrogen and oxygen atoms in total. The zero-order valence-corrected chi connectivity index (χ0v) is 16.8. The van der Waals surface area contributed by atoms with Gasteiger partial charge in [0.15, 0.2) is 5.96 Å². The summed E-state index contributed by atoms with van der Waals surface area (Å²) in [6, 6.07) is 0. The molecule has 1 saturated heterocycles. The van der Waals surface area contributed by atoms with E-state index in [-0.39, 0.29) is 36.0 Å². The van der Waals surface area contributed by atoms with Crippen LogP contribution in [0.1, 0.15) is 52.9 Å². The third kappa shape index (κ3) is 4.98. The van der Waals surface area contributed by atoms with Crippen LogP contribution < -0.4 is 5.32 Å². The molecule has 0 amide bonds. The van der Waals surface area contributed by atoms with Crippen molar-refractivity contribution in [2.45, 2.75) is 52.9 Å². The molecule has 2 aliphatic rings. The molecule has 1 heterocycles. The summed E-state index contributed by atoms with van der Waals surface area (Å²) in [6.45, 7) is 10.5. The molecule has 1 aliphatic heterocycles. The monoisotopic (exact) mass is 423 g/mol. The second-order valence-electron chi connectivity index (χ2n) is 7.20. The highest BCUT2D eigenvalue weighted by Crippen LogP contribution is 2.36. The molecule has 22 heavy (non-hydrogen) atoms. The van der Waals surface area contributed by atoms with Crippen LogP contribution in [0.4, 0.5) is 0 Å². The molecule has 130 valence electrons. The minimum atomic E-state index is -0.0901. The fraction of sp³-hybridized carbons (Fsp3) is 0.941. The summed E-state index contributed by atoms with van der Waals surface area (Å²) >= 11 is 0. The summed E-state index contributed by atoms with van der Waals surface area (Å²) in [4.78, 5) is 7.29. The van der Waals surface area contributed by atoms with Gasteiger partial charge in [0.1, 0.15) is 0 Å². The first kappa shape index (κ1) is 20.0. The molecule has 0 aromatic rings. The SMILES string of the molecule is CCNC(=NCC(C)(CC)CO)N1CC2CCCCC2C1.I. The number of guanidine groups is 1. The number of hydrogen-bond donors (Lipinski definition) is 2. The fourth-order valence-electron chi connectivity index (χ4n) is 3.54. The third-order valence-electron chi connectivity index (χ3n) is 5.46. The van der Waals surface area contributed by atoms with Crippen LogP contribution in [0.3, 0.4) is 0 Å². The lowest BCUT2D eigenvalue weighted by molar-refractivity contribution is 0.145. The normalized spacial score (nSPS) is 27.8.